The molecule has 106 valence electrons. The van der Waals surface area contributed by atoms with Gasteiger partial charge in [-0.15, -0.1) is 0 Å². The first-order valence-corrected chi connectivity index (χ1v) is 6.51. The standard InChI is InChI=1S/C15H18N2O3/c1-5-20-14(19)15(2,3)12-8-10-6-7-17(4)13(18)11(10)9-16-12/h6-9H,5H2,1-4H3. The summed E-state index contributed by atoms with van der Waals surface area (Å²) in [5.41, 5.74) is -0.349. The Kier molecular flexibility index (Phi) is 3.61. The van der Waals surface area contributed by atoms with Gasteiger partial charge in [0.25, 0.3) is 5.56 Å². The number of hydrogen-bond acceptors (Lipinski definition) is 4. The van der Waals surface area contributed by atoms with E-state index in [1.165, 1.54) is 10.8 Å². The summed E-state index contributed by atoms with van der Waals surface area (Å²) in [6.07, 6.45) is 3.22. The summed E-state index contributed by atoms with van der Waals surface area (Å²) >= 11 is 0. The number of nitrogens with zero attached hydrogens (tertiary/aromatic N) is 2. The van der Waals surface area contributed by atoms with E-state index in [4.69, 9.17) is 4.74 Å². The van der Waals surface area contributed by atoms with Crippen LogP contribution in [0.3, 0.4) is 0 Å². The number of pyridine rings is 2. The molecule has 0 radical (unpaired) electrons. The fourth-order valence-electron chi connectivity index (χ4n) is 2.00. The van der Waals surface area contributed by atoms with E-state index in [-0.39, 0.29) is 11.5 Å². The fourth-order valence-corrected chi connectivity index (χ4v) is 2.00. The number of carbonyl (C=O) groups is 1. The van der Waals surface area contributed by atoms with Crippen LogP contribution in [0.25, 0.3) is 10.8 Å². The highest BCUT2D eigenvalue weighted by Crippen LogP contribution is 2.25. The van der Waals surface area contributed by atoms with Gasteiger partial charge in [-0.2, -0.15) is 0 Å². The second-order valence-electron chi connectivity index (χ2n) is 5.23. The minimum Gasteiger partial charge on any atom is -0.465 e. The summed E-state index contributed by atoms with van der Waals surface area (Å²) in [6, 6.07) is 3.61. The molecular weight excluding hydrogens is 256 g/mol. The highest BCUT2D eigenvalue weighted by Gasteiger charge is 2.33. The summed E-state index contributed by atoms with van der Waals surface area (Å²) in [6.45, 7) is 5.63. The highest BCUT2D eigenvalue weighted by molar-refractivity contribution is 5.85. The van der Waals surface area contributed by atoms with Crippen LogP contribution in [0, 0.1) is 0 Å². The number of carbonyl (C=O) groups excluding carboxylic acids is 1. The Hall–Kier alpha value is -2.17. The maximum atomic E-state index is 12.0. The number of ether oxygens (including phenoxy) is 1. The molecule has 2 aromatic heterocycles. The molecule has 0 unspecified atom stereocenters. The Morgan fingerprint density at radius 2 is 2.15 bits per heavy atom. The number of hydrogen-bond donors (Lipinski definition) is 0. The number of rotatable bonds is 3. The summed E-state index contributed by atoms with van der Waals surface area (Å²) in [5.74, 6) is -0.323. The second-order valence-corrected chi connectivity index (χ2v) is 5.23. The van der Waals surface area contributed by atoms with Gasteiger partial charge >= 0.3 is 5.97 Å². The monoisotopic (exact) mass is 274 g/mol. The normalized spacial score (nSPS) is 11.6. The molecule has 0 aliphatic carbocycles. The van der Waals surface area contributed by atoms with Crippen molar-refractivity contribution in [2.75, 3.05) is 6.61 Å². The molecule has 0 atom stereocenters. The van der Waals surface area contributed by atoms with Crippen LogP contribution in [-0.2, 0) is 22.0 Å². The van der Waals surface area contributed by atoms with E-state index < -0.39 is 5.41 Å². The lowest BCUT2D eigenvalue weighted by atomic mass is 9.88. The lowest BCUT2D eigenvalue weighted by Crippen LogP contribution is -2.32. The van der Waals surface area contributed by atoms with Crippen LogP contribution < -0.4 is 5.56 Å². The van der Waals surface area contributed by atoms with Crippen LogP contribution in [-0.4, -0.2) is 22.1 Å². The highest BCUT2D eigenvalue weighted by atomic mass is 16.5. The van der Waals surface area contributed by atoms with Crippen molar-refractivity contribution in [3.05, 3.63) is 40.6 Å². The molecule has 0 saturated heterocycles. The lowest BCUT2D eigenvalue weighted by Gasteiger charge is -2.21. The molecule has 0 aliphatic rings. The van der Waals surface area contributed by atoms with E-state index in [1.54, 1.807) is 40.1 Å². The van der Waals surface area contributed by atoms with Crippen LogP contribution in [0.15, 0.2) is 29.3 Å². The summed E-state index contributed by atoms with van der Waals surface area (Å²) in [7, 11) is 1.69. The summed E-state index contributed by atoms with van der Waals surface area (Å²) in [5, 5.41) is 1.31. The van der Waals surface area contributed by atoms with Gasteiger partial charge in [-0.3, -0.25) is 14.6 Å². The summed E-state index contributed by atoms with van der Waals surface area (Å²) in [4.78, 5) is 28.2. The van der Waals surface area contributed by atoms with Crippen molar-refractivity contribution in [3.63, 3.8) is 0 Å². The van der Waals surface area contributed by atoms with Crippen LogP contribution in [0.5, 0.6) is 0 Å². The van der Waals surface area contributed by atoms with E-state index in [0.717, 1.165) is 5.39 Å². The van der Waals surface area contributed by atoms with Gasteiger partial charge < -0.3 is 9.30 Å². The first kappa shape index (κ1) is 14.2. The average Bonchev–Trinajstić information content (AvgIpc) is 2.43. The molecule has 0 spiro atoms. The molecule has 0 saturated carbocycles. The van der Waals surface area contributed by atoms with Gasteiger partial charge in [-0.1, -0.05) is 0 Å². The predicted molar refractivity (Wildman–Crippen MR) is 76.6 cm³/mol. The molecule has 0 aromatic carbocycles. The Morgan fingerprint density at radius 3 is 2.80 bits per heavy atom. The maximum absolute atomic E-state index is 12.0. The van der Waals surface area contributed by atoms with Gasteiger partial charge in [0.05, 0.1) is 17.7 Å². The second kappa shape index (κ2) is 5.07. The SMILES string of the molecule is CCOC(=O)C(C)(C)c1cc2ccn(C)c(=O)c2cn1. The number of esters is 1. The molecule has 0 amide bonds. The molecular formula is C15H18N2O3. The van der Waals surface area contributed by atoms with Crippen molar-refractivity contribution in [1.82, 2.24) is 9.55 Å². The third kappa shape index (κ3) is 2.31. The van der Waals surface area contributed by atoms with Gasteiger partial charge in [0.15, 0.2) is 0 Å². The molecule has 0 aliphatic heterocycles. The molecule has 5 heteroatoms. The van der Waals surface area contributed by atoms with Crippen molar-refractivity contribution >= 4 is 16.7 Å². The Labute approximate surface area is 117 Å². The van der Waals surface area contributed by atoms with Crippen molar-refractivity contribution in [3.8, 4) is 0 Å². The van der Waals surface area contributed by atoms with Gasteiger partial charge in [0.1, 0.15) is 5.41 Å². The van der Waals surface area contributed by atoms with E-state index in [2.05, 4.69) is 4.98 Å². The average molecular weight is 274 g/mol. The van der Waals surface area contributed by atoms with Crippen molar-refractivity contribution < 1.29 is 9.53 Å². The molecule has 0 bridgehead atoms. The first-order chi connectivity index (χ1) is 9.37. The van der Waals surface area contributed by atoms with Gasteiger partial charge in [-0.05, 0) is 38.3 Å². The molecule has 5 nitrogen and oxygen atoms in total. The first-order valence-electron chi connectivity index (χ1n) is 6.51. The van der Waals surface area contributed by atoms with Crippen molar-refractivity contribution in [2.45, 2.75) is 26.2 Å². The minimum absolute atomic E-state index is 0.101. The Bertz CT molecular complexity index is 717. The molecule has 20 heavy (non-hydrogen) atoms. The quantitative estimate of drug-likeness (QED) is 0.800. The number of aromatic nitrogens is 2. The van der Waals surface area contributed by atoms with Crippen LogP contribution in [0.2, 0.25) is 0 Å². The van der Waals surface area contributed by atoms with E-state index in [1.807, 2.05) is 6.07 Å². The van der Waals surface area contributed by atoms with Gasteiger partial charge in [-0.25, -0.2) is 0 Å². The Balaban J connectivity index is 2.55. The lowest BCUT2D eigenvalue weighted by molar-refractivity contribution is -0.148. The zero-order valence-corrected chi connectivity index (χ0v) is 12.1. The smallest absolute Gasteiger partial charge is 0.317 e. The van der Waals surface area contributed by atoms with Crippen molar-refractivity contribution in [2.24, 2.45) is 7.05 Å². The third-order valence-corrected chi connectivity index (χ3v) is 3.39. The molecule has 2 aromatic rings. The third-order valence-electron chi connectivity index (χ3n) is 3.39. The van der Waals surface area contributed by atoms with Crippen LogP contribution >= 0.6 is 0 Å². The fraction of sp³-hybridized carbons (Fsp3) is 0.400. The maximum Gasteiger partial charge on any atom is 0.317 e. The van der Waals surface area contributed by atoms with E-state index in [9.17, 15) is 9.59 Å². The zero-order chi connectivity index (χ0) is 14.9. The molecule has 2 heterocycles. The summed E-state index contributed by atoms with van der Waals surface area (Å²) < 4.78 is 6.57. The van der Waals surface area contributed by atoms with Gasteiger partial charge in [0, 0.05) is 19.4 Å². The number of aryl methyl sites for hydroxylation is 1. The van der Waals surface area contributed by atoms with Crippen molar-refractivity contribution in [1.29, 1.82) is 0 Å². The van der Waals surface area contributed by atoms with Crippen LogP contribution in [0.4, 0.5) is 0 Å². The van der Waals surface area contributed by atoms with Crippen LogP contribution in [0.1, 0.15) is 26.5 Å². The van der Waals surface area contributed by atoms with E-state index in [0.29, 0.717) is 17.7 Å². The van der Waals surface area contributed by atoms with E-state index >= 15 is 0 Å². The molecule has 0 N–H and O–H groups in total. The minimum atomic E-state index is -0.842. The topological polar surface area (TPSA) is 61.2 Å². The van der Waals surface area contributed by atoms with Gasteiger partial charge in [0.2, 0.25) is 0 Å². The molecule has 2 rings (SSSR count). The molecule has 0 fully saturated rings. The largest absolute Gasteiger partial charge is 0.465 e. The predicted octanol–water partition coefficient (Wildman–Crippen LogP) is 1.77. The number of fused-ring (bicyclic) bond motifs is 1. The Morgan fingerprint density at radius 1 is 1.45 bits per heavy atom. The zero-order valence-electron chi connectivity index (χ0n) is 12.1.